The van der Waals surface area contributed by atoms with Gasteiger partial charge >= 0.3 is 0 Å². The molecule has 0 aliphatic carbocycles. The Balaban J connectivity index is 2.31. The lowest BCUT2D eigenvalue weighted by Crippen LogP contribution is -2.37. The van der Waals surface area contributed by atoms with Gasteiger partial charge in [0.25, 0.3) is 0 Å². The van der Waals surface area contributed by atoms with Gasteiger partial charge in [-0.1, -0.05) is 35.9 Å². The summed E-state index contributed by atoms with van der Waals surface area (Å²) in [5.41, 5.74) is 0. The molecule has 0 aliphatic rings. The molecule has 1 aromatic heterocycles. The van der Waals surface area contributed by atoms with E-state index in [1.54, 1.807) is 6.92 Å². The molecule has 1 unspecified atom stereocenters. The van der Waals surface area contributed by atoms with Crippen molar-refractivity contribution in [2.24, 2.45) is 0 Å². The third-order valence-corrected chi connectivity index (χ3v) is 3.02. The van der Waals surface area contributed by atoms with Crippen molar-refractivity contribution in [2.75, 3.05) is 11.9 Å². The highest BCUT2D eigenvalue weighted by Gasteiger charge is 2.14. The van der Waals surface area contributed by atoms with Gasteiger partial charge in [-0.05, 0) is 13.8 Å². The quantitative estimate of drug-likeness (QED) is 0.900. The Hall–Kier alpha value is -1.88. The predicted octanol–water partition coefficient (Wildman–Crippen LogP) is 2.22. The zero-order chi connectivity index (χ0) is 13.8. The van der Waals surface area contributed by atoms with Crippen molar-refractivity contribution in [2.45, 2.75) is 19.9 Å². The number of hydrogen-bond donors (Lipinski definition) is 2. The summed E-state index contributed by atoms with van der Waals surface area (Å²) in [4.78, 5) is 11.7. The van der Waals surface area contributed by atoms with Crippen molar-refractivity contribution in [1.29, 1.82) is 0 Å². The lowest BCUT2D eigenvalue weighted by Gasteiger charge is -2.15. The number of anilines is 1. The van der Waals surface area contributed by atoms with Crippen molar-refractivity contribution >= 4 is 34.1 Å². The normalized spacial score (nSPS) is 12.2. The number of carbonyl (C=O) groups excluding carboxylic acids is 1. The molecule has 0 saturated carbocycles. The zero-order valence-corrected chi connectivity index (χ0v) is 11.5. The molecule has 0 aliphatic heterocycles. The van der Waals surface area contributed by atoms with E-state index in [1.807, 2.05) is 31.2 Å². The monoisotopic (exact) mass is 278 g/mol. The Labute approximate surface area is 116 Å². The van der Waals surface area contributed by atoms with Gasteiger partial charge in [-0.3, -0.25) is 4.79 Å². The lowest BCUT2D eigenvalue weighted by molar-refractivity contribution is -0.121. The minimum atomic E-state index is -0.390. The first kappa shape index (κ1) is 13.5. The van der Waals surface area contributed by atoms with E-state index in [0.29, 0.717) is 17.5 Å². The van der Waals surface area contributed by atoms with Crippen LogP contribution < -0.4 is 10.6 Å². The molecule has 1 amide bonds. The number of halogens is 1. The molecule has 0 saturated heterocycles. The molecule has 2 rings (SSSR count). The second-order valence-corrected chi connectivity index (χ2v) is 4.50. The topological polar surface area (TPSA) is 66.9 Å². The van der Waals surface area contributed by atoms with E-state index >= 15 is 0 Å². The molecule has 0 radical (unpaired) electrons. The summed E-state index contributed by atoms with van der Waals surface area (Å²) < 4.78 is 0. The van der Waals surface area contributed by atoms with E-state index < -0.39 is 0 Å². The van der Waals surface area contributed by atoms with Crippen molar-refractivity contribution in [3.8, 4) is 0 Å². The number of hydrogen-bond acceptors (Lipinski definition) is 4. The average Bonchev–Trinajstić information content (AvgIpc) is 2.42. The molecule has 1 aromatic carbocycles. The highest BCUT2D eigenvalue weighted by molar-refractivity contribution is 6.34. The molecular weight excluding hydrogens is 264 g/mol. The van der Waals surface area contributed by atoms with Crippen molar-refractivity contribution in [3.63, 3.8) is 0 Å². The van der Waals surface area contributed by atoms with Gasteiger partial charge in [-0.25, -0.2) is 0 Å². The number of aromatic nitrogens is 2. The van der Waals surface area contributed by atoms with Gasteiger partial charge in [0.2, 0.25) is 5.91 Å². The molecule has 1 atom stereocenters. The highest BCUT2D eigenvalue weighted by atomic mass is 35.5. The van der Waals surface area contributed by atoms with Gasteiger partial charge in [0, 0.05) is 17.3 Å². The van der Waals surface area contributed by atoms with Gasteiger partial charge in [0.05, 0.1) is 0 Å². The average molecular weight is 279 g/mol. The Kier molecular flexibility index (Phi) is 4.16. The summed E-state index contributed by atoms with van der Waals surface area (Å²) >= 11 is 6.00. The predicted molar refractivity (Wildman–Crippen MR) is 76.3 cm³/mol. The third kappa shape index (κ3) is 2.93. The second-order valence-electron chi connectivity index (χ2n) is 4.15. The lowest BCUT2D eigenvalue weighted by atomic mass is 10.2. The minimum Gasteiger partial charge on any atom is -0.357 e. The van der Waals surface area contributed by atoms with E-state index in [9.17, 15) is 4.79 Å². The van der Waals surface area contributed by atoms with Crippen LogP contribution in [0.3, 0.4) is 0 Å². The number of likely N-dealkylation sites (N-methyl/N-ethyl adjacent to an activating group) is 1. The molecule has 19 heavy (non-hydrogen) atoms. The zero-order valence-electron chi connectivity index (χ0n) is 10.8. The number of rotatable bonds is 4. The molecule has 5 nitrogen and oxygen atoms in total. The molecule has 0 bridgehead atoms. The van der Waals surface area contributed by atoms with Crippen LogP contribution in [-0.4, -0.2) is 28.7 Å². The molecule has 0 fully saturated rings. The minimum absolute atomic E-state index is 0.0802. The summed E-state index contributed by atoms with van der Waals surface area (Å²) in [7, 11) is 0. The number of nitrogens with one attached hydrogen (secondary N) is 2. The van der Waals surface area contributed by atoms with Gasteiger partial charge in [0.1, 0.15) is 6.04 Å². The maximum absolute atomic E-state index is 11.7. The van der Waals surface area contributed by atoms with Crippen LogP contribution in [0, 0.1) is 0 Å². The number of amides is 1. The molecule has 100 valence electrons. The molecule has 1 heterocycles. The summed E-state index contributed by atoms with van der Waals surface area (Å²) in [5, 5.41) is 15.7. The van der Waals surface area contributed by atoms with E-state index in [1.165, 1.54) is 0 Å². The maximum Gasteiger partial charge on any atom is 0.242 e. The fourth-order valence-corrected chi connectivity index (χ4v) is 1.98. The molecule has 6 heteroatoms. The first-order valence-corrected chi connectivity index (χ1v) is 6.46. The second kappa shape index (κ2) is 5.84. The van der Waals surface area contributed by atoms with Crippen LogP contribution in [-0.2, 0) is 4.79 Å². The first-order chi connectivity index (χ1) is 9.13. The van der Waals surface area contributed by atoms with E-state index in [0.717, 1.165) is 10.8 Å². The summed E-state index contributed by atoms with van der Waals surface area (Å²) in [6, 6.07) is 7.14. The van der Waals surface area contributed by atoms with E-state index in [4.69, 9.17) is 11.6 Å². The summed E-state index contributed by atoms with van der Waals surface area (Å²) in [6.07, 6.45) is 0. The first-order valence-electron chi connectivity index (χ1n) is 6.08. The van der Waals surface area contributed by atoms with Crippen LogP contribution >= 0.6 is 11.6 Å². The molecule has 2 aromatic rings. The number of fused-ring (bicyclic) bond motifs is 1. The van der Waals surface area contributed by atoms with Gasteiger partial charge in [-0.15, -0.1) is 10.2 Å². The maximum atomic E-state index is 11.7. The van der Waals surface area contributed by atoms with Crippen LogP contribution in [0.1, 0.15) is 13.8 Å². The van der Waals surface area contributed by atoms with Crippen LogP contribution in [0.25, 0.3) is 10.8 Å². The van der Waals surface area contributed by atoms with E-state index in [-0.39, 0.29) is 11.9 Å². The van der Waals surface area contributed by atoms with Crippen molar-refractivity contribution < 1.29 is 4.79 Å². The Morgan fingerprint density at radius 1 is 1.32 bits per heavy atom. The standard InChI is InChI=1S/C13H15ClN4O/c1-3-15-13(19)8(2)16-12-10-7-5-4-6-9(10)11(14)17-18-12/h4-8H,3H2,1-2H3,(H,15,19)(H,16,18). The summed E-state index contributed by atoms with van der Waals surface area (Å²) in [6.45, 7) is 4.25. The van der Waals surface area contributed by atoms with Crippen molar-refractivity contribution in [3.05, 3.63) is 29.4 Å². The van der Waals surface area contributed by atoms with Gasteiger partial charge in [0.15, 0.2) is 11.0 Å². The van der Waals surface area contributed by atoms with Crippen LogP contribution in [0.2, 0.25) is 5.15 Å². The SMILES string of the molecule is CCNC(=O)C(C)Nc1nnc(Cl)c2ccccc12. The number of nitrogens with zero attached hydrogens (tertiary/aromatic N) is 2. The van der Waals surface area contributed by atoms with Gasteiger partial charge in [-0.2, -0.15) is 0 Å². The Morgan fingerprint density at radius 3 is 2.68 bits per heavy atom. The molecule has 2 N–H and O–H groups in total. The number of carbonyl (C=O) groups is 1. The van der Waals surface area contributed by atoms with E-state index in [2.05, 4.69) is 20.8 Å². The van der Waals surface area contributed by atoms with Gasteiger partial charge < -0.3 is 10.6 Å². The third-order valence-electron chi connectivity index (χ3n) is 2.74. The highest BCUT2D eigenvalue weighted by Crippen LogP contribution is 2.25. The van der Waals surface area contributed by atoms with Crippen LogP contribution in [0.15, 0.2) is 24.3 Å². The number of benzene rings is 1. The fraction of sp³-hybridized carbons (Fsp3) is 0.308. The Bertz CT molecular complexity index is 602. The van der Waals surface area contributed by atoms with Crippen molar-refractivity contribution in [1.82, 2.24) is 15.5 Å². The summed E-state index contributed by atoms with van der Waals surface area (Å²) in [5.74, 6) is 0.474. The van der Waals surface area contributed by atoms with Crippen LogP contribution in [0.4, 0.5) is 5.82 Å². The molecule has 0 spiro atoms. The Morgan fingerprint density at radius 2 is 2.00 bits per heavy atom. The largest absolute Gasteiger partial charge is 0.357 e. The smallest absolute Gasteiger partial charge is 0.242 e. The van der Waals surface area contributed by atoms with Crippen LogP contribution in [0.5, 0.6) is 0 Å². The molecular formula is C13H15ClN4O. The fourth-order valence-electron chi connectivity index (χ4n) is 1.78.